The Labute approximate surface area is 135 Å². The van der Waals surface area contributed by atoms with Crippen molar-refractivity contribution in [1.82, 2.24) is 15.1 Å². The molecule has 124 valence electrons. The summed E-state index contributed by atoms with van der Waals surface area (Å²) in [6.07, 6.45) is 2.31. The first kappa shape index (κ1) is 14.7. The summed E-state index contributed by atoms with van der Waals surface area (Å²) < 4.78 is 17.0. The van der Waals surface area contributed by atoms with Gasteiger partial charge in [-0.1, -0.05) is 5.10 Å². The molecule has 1 unspecified atom stereocenters. The molecule has 7 nitrogen and oxygen atoms in total. The average Bonchev–Trinajstić information content (AvgIpc) is 3.17. The molecule has 0 amide bonds. The van der Waals surface area contributed by atoms with E-state index < -0.39 is 0 Å². The minimum Gasteiger partial charge on any atom is -0.465 e. The first-order valence-corrected chi connectivity index (χ1v) is 8.25. The normalized spacial score (nSPS) is 20.6. The van der Waals surface area contributed by atoms with Gasteiger partial charge in [0.1, 0.15) is 11.5 Å². The van der Waals surface area contributed by atoms with Gasteiger partial charge in [0.15, 0.2) is 0 Å². The molecular weight excluding hydrogens is 296 g/mol. The summed E-state index contributed by atoms with van der Waals surface area (Å²) in [5.74, 6) is 3.11. The number of anilines is 1. The molecule has 0 bridgehead atoms. The number of morpholine rings is 1. The number of nitrogens with one attached hydrogen (secondary N) is 1. The van der Waals surface area contributed by atoms with Crippen LogP contribution in [-0.2, 0) is 4.74 Å². The van der Waals surface area contributed by atoms with Gasteiger partial charge in [-0.25, -0.2) is 0 Å². The third-order valence-corrected chi connectivity index (χ3v) is 4.39. The fourth-order valence-electron chi connectivity index (χ4n) is 2.92. The number of rotatable bonds is 6. The highest BCUT2D eigenvalue weighted by molar-refractivity contribution is 5.21. The van der Waals surface area contributed by atoms with E-state index in [0.717, 1.165) is 56.6 Å². The van der Waals surface area contributed by atoms with Crippen LogP contribution in [0, 0.1) is 6.92 Å². The third kappa shape index (κ3) is 3.40. The van der Waals surface area contributed by atoms with E-state index in [2.05, 4.69) is 20.4 Å². The predicted octanol–water partition coefficient (Wildman–Crippen LogP) is 2.33. The molecule has 0 radical (unpaired) electrons. The largest absolute Gasteiger partial charge is 0.465 e. The standard InChI is InChI=1S/C16H22N4O3/c1-11-2-5-14(22-11)13(20-6-8-21-9-7-20)10-17-16-19-18-15(23-16)12-3-4-12/h2,5,12-13H,3-4,6-10H2,1H3,(H,17,19). The van der Waals surface area contributed by atoms with E-state index in [1.807, 2.05) is 19.1 Å². The summed E-state index contributed by atoms with van der Waals surface area (Å²) >= 11 is 0. The van der Waals surface area contributed by atoms with E-state index >= 15 is 0 Å². The monoisotopic (exact) mass is 318 g/mol. The zero-order chi connectivity index (χ0) is 15.6. The van der Waals surface area contributed by atoms with Gasteiger partial charge in [0.2, 0.25) is 5.89 Å². The quantitative estimate of drug-likeness (QED) is 0.876. The van der Waals surface area contributed by atoms with Crippen LogP contribution in [-0.4, -0.2) is 47.9 Å². The molecule has 7 heteroatoms. The van der Waals surface area contributed by atoms with Crippen molar-refractivity contribution < 1.29 is 13.6 Å². The van der Waals surface area contributed by atoms with Crippen molar-refractivity contribution in [3.8, 4) is 0 Å². The van der Waals surface area contributed by atoms with Crippen LogP contribution < -0.4 is 5.32 Å². The molecule has 2 aliphatic rings. The van der Waals surface area contributed by atoms with Crippen molar-refractivity contribution in [2.24, 2.45) is 0 Å². The van der Waals surface area contributed by atoms with Crippen LogP contribution in [0.3, 0.4) is 0 Å². The van der Waals surface area contributed by atoms with Gasteiger partial charge >= 0.3 is 6.01 Å². The van der Waals surface area contributed by atoms with E-state index in [9.17, 15) is 0 Å². The second-order valence-corrected chi connectivity index (χ2v) is 6.21. The number of ether oxygens (including phenoxy) is 1. The van der Waals surface area contributed by atoms with Gasteiger partial charge in [0, 0.05) is 25.6 Å². The Morgan fingerprint density at radius 3 is 2.74 bits per heavy atom. The summed E-state index contributed by atoms with van der Waals surface area (Å²) in [6, 6.07) is 4.67. The Balaban J connectivity index is 1.45. The maximum absolute atomic E-state index is 5.85. The van der Waals surface area contributed by atoms with E-state index in [4.69, 9.17) is 13.6 Å². The Bertz CT molecular complexity index is 643. The summed E-state index contributed by atoms with van der Waals surface area (Å²) in [6.45, 7) is 5.92. The van der Waals surface area contributed by atoms with Crippen LogP contribution in [0.25, 0.3) is 0 Å². The van der Waals surface area contributed by atoms with Crippen molar-refractivity contribution in [2.75, 3.05) is 38.2 Å². The van der Waals surface area contributed by atoms with Gasteiger partial charge in [-0.3, -0.25) is 4.90 Å². The number of hydrogen-bond acceptors (Lipinski definition) is 7. The van der Waals surface area contributed by atoms with E-state index in [1.165, 1.54) is 0 Å². The van der Waals surface area contributed by atoms with Crippen molar-refractivity contribution >= 4 is 6.01 Å². The first-order chi connectivity index (χ1) is 11.3. The molecule has 1 saturated carbocycles. The van der Waals surface area contributed by atoms with E-state index in [-0.39, 0.29) is 6.04 Å². The first-order valence-electron chi connectivity index (χ1n) is 8.25. The zero-order valence-corrected chi connectivity index (χ0v) is 13.3. The lowest BCUT2D eigenvalue weighted by Gasteiger charge is -2.33. The molecular formula is C16H22N4O3. The van der Waals surface area contributed by atoms with Crippen molar-refractivity contribution in [3.05, 3.63) is 29.5 Å². The molecule has 1 aliphatic heterocycles. The van der Waals surface area contributed by atoms with Crippen molar-refractivity contribution in [3.63, 3.8) is 0 Å². The molecule has 1 saturated heterocycles. The summed E-state index contributed by atoms with van der Waals surface area (Å²) in [4.78, 5) is 2.37. The number of furan rings is 1. The van der Waals surface area contributed by atoms with Crippen LogP contribution in [0.15, 0.2) is 21.0 Å². The van der Waals surface area contributed by atoms with Gasteiger partial charge in [0.25, 0.3) is 0 Å². The molecule has 1 atom stereocenters. The van der Waals surface area contributed by atoms with Crippen LogP contribution in [0.5, 0.6) is 0 Å². The lowest BCUT2D eigenvalue weighted by atomic mass is 10.1. The molecule has 1 aliphatic carbocycles. The second-order valence-electron chi connectivity index (χ2n) is 6.21. The molecule has 2 fully saturated rings. The Hall–Kier alpha value is -1.86. The Kier molecular flexibility index (Phi) is 4.05. The van der Waals surface area contributed by atoms with Gasteiger partial charge in [0.05, 0.1) is 19.3 Å². The molecule has 3 heterocycles. The number of nitrogens with zero attached hydrogens (tertiary/aromatic N) is 3. The van der Waals surface area contributed by atoms with Gasteiger partial charge in [-0.15, -0.1) is 5.10 Å². The highest BCUT2D eigenvalue weighted by Gasteiger charge is 2.30. The van der Waals surface area contributed by atoms with Gasteiger partial charge < -0.3 is 18.9 Å². The van der Waals surface area contributed by atoms with E-state index in [1.54, 1.807) is 0 Å². The smallest absolute Gasteiger partial charge is 0.315 e. The van der Waals surface area contributed by atoms with Crippen LogP contribution in [0.2, 0.25) is 0 Å². The fourth-order valence-corrected chi connectivity index (χ4v) is 2.92. The molecule has 0 spiro atoms. The molecule has 2 aromatic heterocycles. The predicted molar refractivity (Wildman–Crippen MR) is 83.3 cm³/mol. The average molecular weight is 318 g/mol. The summed E-state index contributed by atoms with van der Waals surface area (Å²) in [5.41, 5.74) is 0. The minimum atomic E-state index is 0.129. The highest BCUT2D eigenvalue weighted by Crippen LogP contribution is 2.39. The number of hydrogen-bond donors (Lipinski definition) is 1. The van der Waals surface area contributed by atoms with Gasteiger partial charge in [-0.05, 0) is 31.9 Å². The Morgan fingerprint density at radius 2 is 2.04 bits per heavy atom. The zero-order valence-electron chi connectivity index (χ0n) is 13.3. The van der Waals surface area contributed by atoms with Crippen molar-refractivity contribution in [2.45, 2.75) is 31.7 Å². The maximum atomic E-state index is 5.85. The van der Waals surface area contributed by atoms with Crippen LogP contribution in [0.4, 0.5) is 6.01 Å². The third-order valence-electron chi connectivity index (χ3n) is 4.39. The minimum absolute atomic E-state index is 0.129. The van der Waals surface area contributed by atoms with E-state index in [0.29, 0.717) is 18.5 Å². The molecule has 1 N–H and O–H groups in total. The lowest BCUT2D eigenvalue weighted by molar-refractivity contribution is 0.0142. The van der Waals surface area contributed by atoms with Crippen LogP contribution >= 0.6 is 0 Å². The fraction of sp³-hybridized carbons (Fsp3) is 0.625. The molecule has 0 aromatic carbocycles. The number of aryl methyl sites for hydroxylation is 1. The molecule has 4 rings (SSSR count). The summed E-state index contributed by atoms with van der Waals surface area (Å²) in [5, 5.41) is 11.5. The van der Waals surface area contributed by atoms with Gasteiger partial charge in [-0.2, -0.15) is 0 Å². The van der Waals surface area contributed by atoms with Crippen molar-refractivity contribution in [1.29, 1.82) is 0 Å². The second kappa shape index (κ2) is 6.33. The number of aromatic nitrogens is 2. The molecule has 2 aromatic rings. The topological polar surface area (TPSA) is 76.6 Å². The van der Waals surface area contributed by atoms with Crippen LogP contribution in [0.1, 0.15) is 42.2 Å². The Morgan fingerprint density at radius 1 is 1.22 bits per heavy atom. The molecule has 23 heavy (non-hydrogen) atoms. The highest BCUT2D eigenvalue weighted by atomic mass is 16.5. The maximum Gasteiger partial charge on any atom is 0.315 e. The lowest BCUT2D eigenvalue weighted by Crippen LogP contribution is -2.41. The SMILES string of the molecule is Cc1ccc(C(CNc2nnc(C3CC3)o2)N2CCOCC2)o1. The summed E-state index contributed by atoms with van der Waals surface area (Å²) in [7, 11) is 0.